The number of carbonyl (C=O) groups excluding carboxylic acids is 9. The number of hydrogen-bond acceptors (Lipinski definition) is 26. The Labute approximate surface area is 758 Å². The second-order valence-corrected chi connectivity index (χ2v) is 37.8. The minimum Gasteiger partial charge on any atom is -0.400 e. The normalized spacial score (nSPS) is 17.3. The van der Waals surface area contributed by atoms with Crippen LogP contribution in [0.25, 0.3) is 10.4 Å². The maximum Gasteiger partial charge on any atom is 0.501 e. The molecule has 127 heavy (non-hydrogen) atoms. The first-order valence-electron chi connectivity index (χ1n) is 44.5. The predicted molar refractivity (Wildman–Crippen MR) is 496 cm³/mol. The summed E-state index contributed by atoms with van der Waals surface area (Å²) in [5.74, 6) is -1.72. The lowest BCUT2D eigenvalue weighted by Crippen LogP contribution is -2.49. The number of rotatable bonds is 55. The van der Waals surface area contributed by atoms with Gasteiger partial charge in [0.15, 0.2) is 0 Å². The number of fused-ring (bicyclic) bond motifs is 1. The van der Waals surface area contributed by atoms with E-state index >= 15 is 0 Å². The number of aryl methyl sites for hydroxylation is 4. The van der Waals surface area contributed by atoms with E-state index in [1.807, 2.05) is 95.5 Å². The van der Waals surface area contributed by atoms with Crippen molar-refractivity contribution >= 4 is 70.8 Å². The summed E-state index contributed by atoms with van der Waals surface area (Å²) >= 11 is 0. The number of terminal acetylenes is 1. The Balaban J connectivity index is -0.00000166. The van der Waals surface area contributed by atoms with Crippen molar-refractivity contribution in [3.8, 4) is 12.3 Å². The van der Waals surface area contributed by atoms with Gasteiger partial charge < -0.3 is 107 Å². The summed E-state index contributed by atoms with van der Waals surface area (Å²) in [5.41, 5.74) is 35.5. The number of aliphatic hydroxyl groups is 2. The van der Waals surface area contributed by atoms with Gasteiger partial charge in [0.2, 0.25) is 53.2 Å². The highest BCUT2D eigenvalue weighted by atomic mass is 28.4. The van der Waals surface area contributed by atoms with Crippen LogP contribution in [0.1, 0.15) is 211 Å². The molecule has 2 aliphatic carbocycles. The molecule has 0 aromatic carbocycles. The highest BCUT2D eigenvalue weighted by Crippen LogP contribution is 2.42. The highest BCUT2D eigenvalue weighted by Gasteiger charge is 2.48. The van der Waals surface area contributed by atoms with Gasteiger partial charge in [-0.05, 0) is 221 Å². The zero-order valence-corrected chi connectivity index (χ0v) is 81.6. The molecule has 9 amide bonds. The number of hydrogen-bond donors (Lipinski definition) is 14. The zero-order chi connectivity index (χ0) is 97.0. The number of azide groups is 1. The van der Waals surface area contributed by atoms with Crippen LogP contribution in [0.4, 0.5) is 0 Å². The van der Waals surface area contributed by atoms with Crippen molar-refractivity contribution in [2.24, 2.45) is 81.1 Å². The Kier molecular flexibility index (Phi) is 70.9. The molecule has 2 saturated carbocycles. The smallest absolute Gasteiger partial charge is 0.400 e. The van der Waals surface area contributed by atoms with E-state index in [2.05, 4.69) is 106 Å². The molecule has 728 valence electrons. The molecule has 3 aliphatic rings. The summed E-state index contributed by atoms with van der Waals surface area (Å²) in [7, 11) is -0.942. The summed E-state index contributed by atoms with van der Waals surface area (Å²) in [6, 6.07) is 1.56. The molecule has 2 aromatic rings. The molecule has 12 unspecified atom stereocenters. The first kappa shape index (κ1) is 123. The minimum atomic E-state index is -2.81. The number of nitrogens with one attached hydrogen (secondary N) is 7. The van der Waals surface area contributed by atoms with Gasteiger partial charge in [0.25, 0.3) is 0 Å². The van der Waals surface area contributed by atoms with Crippen LogP contribution in [-0.4, -0.2) is 247 Å². The lowest BCUT2D eigenvalue weighted by atomic mass is 9.82. The lowest BCUT2D eigenvalue weighted by molar-refractivity contribution is -0.131. The predicted octanol–water partition coefficient (Wildman–Crippen LogP) is 5.93. The third kappa shape index (κ3) is 60.1. The van der Waals surface area contributed by atoms with E-state index in [0.29, 0.717) is 154 Å². The molecule has 3 fully saturated rings. The van der Waals surface area contributed by atoms with Crippen LogP contribution in [-0.2, 0) is 87.5 Å². The molecular weight excluding hydrogens is 1670 g/mol. The maximum atomic E-state index is 13.3. The zero-order valence-electron chi connectivity index (χ0n) is 79.6. The second kappa shape index (κ2) is 73.3. The molecule has 39 nitrogen and oxygen atoms in total. The van der Waals surface area contributed by atoms with Gasteiger partial charge in [-0.3, -0.25) is 52.5 Å². The minimum absolute atomic E-state index is 0.00226. The summed E-state index contributed by atoms with van der Waals surface area (Å²) < 4.78 is 45.2. The van der Waals surface area contributed by atoms with Crippen LogP contribution in [0.5, 0.6) is 0 Å². The molecular formula is C86H163N21O18Si2. The largest absolute Gasteiger partial charge is 0.501 e. The average Bonchev–Trinajstić information content (AvgIpc) is 1.66. The first-order valence-corrected chi connectivity index (χ1v) is 48.3. The molecule has 0 radical (unpaired) electrons. The van der Waals surface area contributed by atoms with Crippen molar-refractivity contribution < 1.29 is 84.7 Å². The van der Waals surface area contributed by atoms with Crippen molar-refractivity contribution in [1.29, 1.82) is 0 Å². The molecule has 1 saturated heterocycles. The maximum absolute atomic E-state index is 13.3. The first-order chi connectivity index (χ1) is 60.2. The van der Waals surface area contributed by atoms with Gasteiger partial charge in [0.1, 0.15) is 0 Å². The number of epoxide rings is 1. The number of ether oxygens (including phenoxy) is 1. The Morgan fingerprint density at radius 2 is 0.953 bits per heavy atom. The van der Waals surface area contributed by atoms with Crippen molar-refractivity contribution in [3.05, 3.63) is 72.2 Å². The van der Waals surface area contributed by atoms with Crippen molar-refractivity contribution in [3.63, 3.8) is 0 Å². The van der Waals surface area contributed by atoms with Gasteiger partial charge in [-0.2, -0.15) is 0 Å². The molecule has 12 atom stereocenters. The summed E-state index contributed by atoms with van der Waals surface area (Å²) in [5, 5.41) is 57.3. The van der Waals surface area contributed by atoms with Gasteiger partial charge in [0, 0.05) is 195 Å². The molecule has 0 bridgehead atoms. The second-order valence-electron chi connectivity index (χ2n) is 32.3. The fourth-order valence-corrected chi connectivity index (χ4v) is 19.3. The monoisotopic (exact) mass is 1830 g/mol. The summed E-state index contributed by atoms with van der Waals surface area (Å²) in [6.07, 6.45) is 25.4. The van der Waals surface area contributed by atoms with E-state index in [-0.39, 0.29) is 84.2 Å². The van der Waals surface area contributed by atoms with Gasteiger partial charge in [0.05, 0.1) is 29.7 Å². The Morgan fingerprint density at radius 1 is 0.583 bits per heavy atom. The fourth-order valence-electron chi connectivity index (χ4n) is 13.6. The van der Waals surface area contributed by atoms with Gasteiger partial charge in [-0.1, -0.05) is 63.0 Å². The number of nitrogens with zero attached hydrogens (tertiary/aromatic N) is 9. The van der Waals surface area contributed by atoms with E-state index in [1.54, 1.807) is 44.4 Å². The van der Waals surface area contributed by atoms with Crippen molar-refractivity contribution in [2.45, 2.75) is 287 Å². The van der Waals surface area contributed by atoms with Crippen molar-refractivity contribution in [2.75, 3.05) is 86.8 Å². The van der Waals surface area contributed by atoms with Crippen LogP contribution < -0.4 is 65.9 Å². The van der Waals surface area contributed by atoms with Crippen LogP contribution >= 0.6 is 0 Å². The van der Waals surface area contributed by atoms with E-state index in [0.717, 1.165) is 68.6 Å². The van der Waals surface area contributed by atoms with Gasteiger partial charge in [-0.15, -0.1) is 22.5 Å². The van der Waals surface area contributed by atoms with Crippen LogP contribution in [0, 0.1) is 73.5 Å². The molecule has 1 aliphatic heterocycles. The molecule has 0 spiro atoms. The Morgan fingerprint density at radius 3 is 1.29 bits per heavy atom. The van der Waals surface area contributed by atoms with Gasteiger partial charge in [-0.25, -0.2) is 0 Å². The van der Waals surface area contributed by atoms with Crippen LogP contribution in [0.15, 0.2) is 55.5 Å². The molecule has 2 aromatic heterocycles. The number of aromatic nitrogens is 6. The molecule has 3 heterocycles. The quantitative estimate of drug-likeness (QED) is 0.00533. The molecule has 19 N–H and O–H groups in total. The number of carbonyl (C=O) groups is 9. The number of amides is 9. The van der Waals surface area contributed by atoms with Crippen LogP contribution in [0.2, 0.25) is 12.1 Å². The fraction of sp³-hybridized carbons (Fsp3) is 0.756. The van der Waals surface area contributed by atoms with E-state index in [1.165, 1.54) is 31.4 Å². The number of nitrogens with two attached hydrogens (primary N) is 5. The summed E-state index contributed by atoms with van der Waals surface area (Å²) in [6.45, 7) is 44.2. The standard InChI is InChI=1S/C34H65N7O7Si.C19H35N7O3.C15H30O4Si.C6H10N4O.C5H10N2O.C3H5NO.C3H4.CH4O/c1-9-28(33(44)37-14-10-17-41-22-26(7)39-40-41)21-29(19-25(6)32(35)43)34(45)38-16-15-36-30-12-11-27(20-31(30)42)13-18-49(46-8,47-23(2)3)48-24(4)5;1-4-15(18(28)22-7-5-9-26-12-14(3)24-25-26)11-16(10-13(2)17(21)27)19(29)23-8-6-20;1-11(2)18-20(16-5,19-12(3)4)9-8-13-6-7-14-15(10-13)17-14;1-2-6(11)8-4-3-5-9-10-7;1-2-5(8)7-4-3-6;1-2-3(4)5;1-3-2;1-2/h22-25,27-31,36,42H,9-21H2,1-8H3,(H2,35,43)(H,37,44)(H,38,45);12-13,15-16H,4-11,20H2,1-3H3,(H2,21,27)(H,22,28)(H,23,29);11-15H,6-10H2,1-5H3;2H,1,3-5H2,(H,8,11);2H,1,3-4,6H2,(H,7,8);2H,1H2,(H2,4,5);1H,2H3;2H,1H3. The number of primary amides is 3. The Bertz CT molecular complexity index is 3470. The topological polar surface area (TPSA) is 586 Å². The third-order valence-corrected chi connectivity index (χ3v) is 26.4. The highest BCUT2D eigenvalue weighted by molar-refractivity contribution is 6.61. The average molecular weight is 1840 g/mol. The van der Waals surface area contributed by atoms with Gasteiger partial charge >= 0.3 is 17.6 Å². The molecule has 5 rings (SSSR count). The summed E-state index contributed by atoms with van der Waals surface area (Å²) in [4.78, 5) is 108. The number of aliphatic hydroxyl groups excluding tert-OH is 2. The molecule has 41 heteroatoms. The van der Waals surface area contributed by atoms with E-state index < -0.39 is 65.1 Å². The van der Waals surface area contributed by atoms with E-state index in [4.69, 9.17) is 64.9 Å². The van der Waals surface area contributed by atoms with Crippen molar-refractivity contribution in [1.82, 2.24) is 67.2 Å². The lowest BCUT2D eigenvalue weighted by Gasteiger charge is -2.36. The SMILES string of the molecule is C#CC.C=CC(=O)NCCCN=[N+]=[N-].C=CC(=O)NCCN.C=CC(N)=O.CCC(CC(CC(C)C(N)=O)C(=O)NCCN)C(=O)NCCCn1cc(C)nn1.CCC(CC(CC(C)C(N)=O)C(=O)NCCNC1CCC(CC[Si](OC)(OC(C)C)OC(C)C)CC1O)C(=O)NCCCn1cc(C)nn1.CO.CO[Si](CCC1CCC2OC2C1)(OC(C)C)OC(C)C. The third-order valence-electron chi connectivity index (χ3n) is 20.0. The van der Waals surface area contributed by atoms with E-state index in [9.17, 15) is 48.3 Å². The Hall–Kier alpha value is -8.45. The van der Waals surface area contributed by atoms with Crippen LogP contribution in [0.3, 0.4) is 0 Å².